The summed E-state index contributed by atoms with van der Waals surface area (Å²) in [5.74, 6) is 0.544. The summed E-state index contributed by atoms with van der Waals surface area (Å²) >= 11 is 13.9. The van der Waals surface area contributed by atoms with E-state index in [0.29, 0.717) is 15.8 Å². The Morgan fingerprint density at radius 3 is 2.59 bits per heavy atom. The topological polar surface area (TPSA) is 89.5 Å². The van der Waals surface area contributed by atoms with Gasteiger partial charge in [-0.05, 0) is 43.7 Å². The van der Waals surface area contributed by atoms with Crippen molar-refractivity contribution in [2.75, 3.05) is 5.75 Å². The van der Waals surface area contributed by atoms with Crippen molar-refractivity contribution in [3.8, 4) is 5.69 Å². The minimum Gasteiger partial charge on any atom is -0.316 e. The van der Waals surface area contributed by atoms with E-state index in [1.165, 1.54) is 23.9 Å². The monoisotopic (exact) mass is 490 g/mol. The third-order valence-electron chi connectivity index (χ3n) is 4.66. The SMILES string of the molecule is Cc1cc(/C=N/NC(=O)CSCc2ccc([N+](=O)[O-])cc2)c(C)n1-c1cc(Cl)ccc1Cl. The summed E-state index contributed by atoms with van der Waals surface area (Å²) in [6.07, 6.45) is 1.59. The molecular formula is C22H20Cl2N4O3S. The fourth-order valence-electron chi connectivity index (χ4n) is 3.13. The van der Waals surface area contributed by atoms with E-state index in [1.54, 1.807) is 36.5 Å². The average molecular weight is 491 g/mol. The number of aryl methyl sites for hydroxylation is 1. The van der Waals surface area contributed by atoms with Gasteiger partial charge in [-0.25, -0.2) is 5.43 Å². The number of carbonyl (C=O) groups excluding carboxylic acids is 1. The van der Waals surface area contributed by atoms with Crippen molar-refractivity contribution in [3.63, 3.8) is 0 Å². The number of hydrazone groups is 1. The Labute approximate surface area is 199 Å². The lowest BCUT2D eigenvalue weighted by atomic mass is 10.2. The van der Waals surface area contributed by atoms with E-state index in [9.17, 15) is 14.9 Å². The lowest BCUT2D eigenvalue weighted by Crippen LogP contribution is -2.19. The van der Waals surface area contributed by atoms with Crippen LogP contribution in [-0.2, 0) is 10.5 Å². The van der Waals surface area contributed by atoms with Crippen LogP contribution in [0.15, 0.2) is 53.6 Å². The van der Waals surface area contributed by atoms with Crippen LogP contribution in [0.5, 0.6) is 0 Å². The Balaban J connectivity index is 1.56. The fourth-order valence-corrected chi connectivity index (χ4v) is 4.28. The molecule has 7 nitrogen and oxygen atoms in total. The maximum Gasteiger partial charge on any atom is 0.269 e. The van der Waals surface area contributed by atoms with Crippen molar-refractivity contribution >= 4 is 52.8 Å². The predicted octanol–water partition coefficient (Wildman–Crippen LogP) is 5.69. The van der Waals surface area contributed by atoms with Gasteiger partial charge < -0.3 is 4.57 Å². The van der Waals surface area contributed by atoms with Crippen molar-refractivity contribution in [2.45, 2.75) is 19.6 Å². The third kappa shape index (κ3) is 5.91. The van der Waals surface area contributed by atoms with Gasteiger partial charge in [0.25, 0.3) is 5.69 Å². The van der Waals surface area contributed by atoms with Crippen LogP contribution in [0.25, 0.3) is 5.69 Å². The zero-order chi connectivity index (χ0) is 23.3. The Morgan fingerprint density at radius 1 is 1.19 bits per heavy atom. The molecule has 10 heteroatoms. The van der Waals surface area contributed by atoms with Gasteiger partial charge in [0.05, 0.1) is 27.6 Å². The zero-order valence-corrected chi connectivity index (χ0v) is 19.7. The van der Waals surface area contributed by atoms with E-state index in [-0.39, 0.29) is 17.3 Å². The highest BCUT2D eigenvalue weighted by atomic mass is 35.5. The summed E-state index contributed by atoms with van der Waals surface area (Å²) in [6, 6.07) is 13.5. The lowest BCUT2D eigenvalue weighted by molar-refractivity contribution is -0.384. The molecular weight excluding hydrogens is 471 g/mol. The van der Waals surface area contributed by atoms with Gasteiger partial charge in [0.1, 0.15) is 0 Å². The number of nitro groups is 1. The van der Waals surface area contributed by atoms with Gasteiger partial charge in [0.2, 0.25) is 5.91 Å². The molecule has 1 amide bonds. The average Bonchev–Trinajstić information content (AvgIpc) is 3.03. The second kappa shape index (κ2) is 10.7. The largest absolute Gasteiger partial charge is 0.316 e. The summed E-state index contributed by atoms with van der Waals surface area (Å²) in [5, 5.41) is 15.9. The number of rotatable bonds is 8. The smallest absolute Gasteiger partial charge is 0.269 e. The number of halogens is 2. The standard InChI is InChI=1S/C22H20Cl2N4O3S/c1-14-9-17(15(2)27(14)21-10-18(23)5-8-20(21)24)11-25-26-22(29)13-32-12-16-3-6-19(7-4-16)28(30)31/h3-11H,12-13H2,1-2H3,(H,26,29)/b25-11+. The van der Waals surface area contributed by atoms with E-state index < -0.39 is 4.92 Å². The first-order valence-corrected chi connectivity index (χ1v) is 11.4. The fraction of sp³-hybridized carbons (Fsp3) is 0.182. The molecule has 0 unspecified atom stereocenters. The van der Waals surface area contributed by atoms with Crippen LogP contribution < -0.4 is 5.43 Å². The normalized spacial score (nSPS) is 11.1. The molecule has 0 aliphatic rings. The van der Waals surface area contributed by atoms with Crippen molar-refractivity contribution in [1.82, 2.24) is 9.99 Å². The van der Waals surface area contributed by atoms with Gasteiger partial charge in [-0.3, -0.25) is 14.9 Å². The van der Waals surface area contributed by atoms with Crippen LogP contribution in [0.2, 0.25) is 10.0 Å². The van der Waals surface area contributed by atoms with Crippen LogP contribution >= 0.6 is 35.0 Å². The van der Waals surface area contributed by atoms with E-state index in [2.05, 4.69) is 10.5 Å². The maximum atomic E-state index is 12.1. The molecule has 1 heterocycles. The number of non-ortho nitro benzene ring substituents is 1. The second-order valence-corrected chi connectivity index (χ2v) is 8.80. The summed E-state index contributed by atoms with van der Waals surface area (Å²) in [6.45, 7) is 3.89. The molecule has 0 saturated carbocycles. The van der Waals surface area contributed by atoms with E-state index in [4.69, 9.17) is 23.2 Å². The predicted molar refractivity (Wildman–Crippen MR) is 130 cm³/mol. The third-order valence-corrected chi connectivity index (χ3v) is 6.22. The molecule has 3 aromatic rings. The molecule has 166 valence electrons. The Hall–Kier alpha value is -2.81. The summed E-state index contributed by atoms with van der Waals surface area (Å²) in [7, 11) is 0. The zero-order valence-electron chi connectivity index (χ0n) is 17.3. The number of nitrogens with zero attached hydrogens (tertiary/aromatic N) is 3. The van der Waals surface area contributed by atoms with Gasteiger partial charge in [-0.15, -0.1) is 11.8 Å². The molecule has 0 fully saturated rings. The van der Waals surface area contributed by atoms with Gasteiger partial charge in [-0.2, -0.15) is 5.10 Å². The molecule has 1 N–H and O–H groups in total. The summed E-state index contributed by atoms with van der Waals surface area (Å²) < 4.78 is 1.98. The Bertz CT molecular complexity index is 1180. The number of thioether (sulfide) groups is 1. The van der Waals surface area contributed by atoms with Crippen molar-refractivity contribution < 1.29 is 9.72 Å². The minimum absolute atomic E-state index is 0.0443. The molecule has 0 aliphatic carbocycles. The maximum absolute atomic E-state index is 12.1. The minimum atomic E-state index is -0.441. The van der Waals surface area contributed by atoms with Crippen molar-refractivity contribution in [2.24, 2.45) is 5.10 Å². The van der Waals surface area contributed by atoms with Crippen LogP contribution in [0.3, 0.4) is 0 Å². The molecule has 0 spiro atoms. The number of carbonyl (C=O) groups is 1. The quantitative estimate of drug-likeness (QED) is 0.249. The highest BCUT2D eigenvalue weighted by Crippen LogP contribution is 2.28. The summed E-state index contributed by atoms with van der Waals surface area (Å²) in [5.41, 5.74) is 6.97. The first-order chi connectivity index (χ1) is 15.3. The first kappa shape index (κ1) is 23.8. The first-order valence-electron chi connectivity index (χ1n) is 9.53. The molecule has 0 aliphatic heterocycles. The molecule has 0 bridgehead atoms. The lowest BCUT2D eigenvalue weighted by Gasteiger charge is -2.12. The van der Waals surface area contributed by atoms with E-state index in [1.807, 2.05) is 24.5 Å². The van der Waals surface area contributed by atoms with Crippen LogP contribution in [0.1, 0.15) is 22.5 Å². The number of amides is 1. The molecule has 0 atom stereocenters. The number of benzene rings is 2. The second-order valence-electron chi connectivity index (χ2n) is 6.97. The number of nitrogens with one attached hydrogen (secondary N) is 1. The van der Waals surface area contributed by atoms with Gasteiger partial charge >= 0.3 is 0 Å². The molecule has 2 aromatic carbocycles. The van der Waals surface area contributed by atoms with Crippen molar-refractivity contribution in [1.29, 1.82) is 0 Å². The van der Waals surface area contributed by atoms with Crippen LogP contribution in [0, 0.1) is 24.0 Å². The molecule has 0 radical (unpaired) electrons. The summed E-state index contributed by atoms with van der Waals surface area (Å²) in [4.78, 5) is 22.3. The van der Waals surface area contributed by atoms with Gasteiger partial charge in [0, 0.05) is 39.9 Å². The number of aromatic nitrogens is 1. The van der Waals surface area contributed by atoms with Crippen LogP contribution in [0.4, 0.5) is 5.69 Å². The number of nitro benzene ring substituents is 1. The number of hydrogen-bond acceptors (Lipinski definition) is 5. The van der Waals surface area contributed by atoms with Gasteiger partial charge in [-0.1, -0.05) is 35.3 Å². The van der Waals surface area contributed by atoms with Gasteiger partial charge in [0.15, 0.2) is 0 Å². The Morgan fingerprint density at radius 2 is 1.91 bits per heavy atom. The highest BCUT2D eigenvalue weighted by Gasteiger charge is 2.13. The van der Waals surface area contributed by atoms with E-state index >= 15 is 0 Å². The Kier molecular flexibility index (Phi) is 7.95. The highest BCUT2D eigenvalue weighted by molar-refractivity contribution is 7.99. The molecule has 32 heavy (non-hydrogen) atoms. The molecule has 0 saturated heterocycles. The van der Waals surface area contributed by atoms with Crippen molar-refractivity contribution in [3.05, 3.63) is 91.2 Å². The van der Waals surface area contributed by atoms with Crippen LogP contribution in [-0.4, -0.2) is 27.4 Å². The number of hydrogen-bond donors (Lipinski definition) is 1. The molecule has 1 aromatic heterocycles. The molecule has 3 rings (SSSR count). The van der Waals surface area contributed by atoms with E-state index in [0.717, 1.165) is 28.2 Å².